The molecule has 1 aliphatic rings. The van der Waals surface area contributed by atoms with Gasteiger partial charge in [-0.3, -0.25) is 0 Å². The quantitative estimate of drug-likeness (QED) is 0.752. The first-order valence-electron chi connectivity index (χ1n) is 6.72. The van der Waals surface area contributed by atoms with E-state index in [4.69, 9.17) is 9.47 Å². The molecule has 0 spiro atoms. The monoisotopic (exact) mass is 253 g/mol. The molecule has 5 heteroatoms. The summed E-state index contributed by atoms with van der Waals surface area (Å²) in [4.78, 5) is 4.36. The summed E-state index contributed by atoms with van der Waals surface area (Å²) in [5, 5.41) is 3.36. The summed E-state index contributed by atoms with van der Waals surface area (Å²) in [7, 11) is 1.73. The van der Waals surface area contributed by atoms with Crippen LogP contribution in [0.5, 0.6) is 0 Å². The molecule has 18 heavy (non-hydrogen) atoms. The molecule has 5 nitrogen and oxygen atoms in total. The first kappa shape index (κ1) is 13.4. The predicted molar refractivity (Wildman–Crippen MR) is 70.8 cm³/mol. The van der Waals surface area contributed by atoms with E-state index in [0.717, 1.165) is 58.1 Å². The second-order valence-corrected chi connectivity index (χ2v) is 4.73. The zero-order valence-electron chi connectivity index (χ0n) is 11.1. The Hall–Kier alpha value is -1.07. The third-order valence-electron chi connectivity index (χ3n) is 3.32. The molecule has 0 amide bonds. The molecule has 1 N–H and O–H groups in total. The van der Waals surface area contributed by atoms with Crippen LogP contribution in [0.25, 0.3) is 0 Å². The van der Waals surface area contributed by atoms with Gasteiger partial charge in [0.25, 0.3) is 0 Å². The van der Waals surface area contributed by atoms with E-state index in [1.165, 1.54) is 0 Å². The van der Waals surface area contributed by atoms with Gasteiger partial charge >= 0.3 is 0 Å². The van der Waals surface area contributed by atoms with Crippen molar-refractivity contribution in [1.82, 2.24) is 9.55 Å². The van der Waals surface area contributed by atoms with Crippen molar-refractivity contribution >= 4 is 5.95 Å². The van der Waals surface area contributed by atoms with Crippen molar-refractivity contribution in [2.45, 2.75) is 25.8 Å². The summed E-state index contributed by atoms with van der Waals surface area (Å²) < 4.78 is 12.6. The minimum Gasteiger partial charge on any atom is -0.385 e. The Bertz CT molecular complexity index is 335. The van der Waals surface area contributed by atoms with Crippen LogP contribution in [-0.4, -0.2) is 43.0 Å². The van der Waals surface area contributed by atoms with E-state index in [0.29, 0.717) is 5.92 Å². The maximum absolute atomic E-state index is 5.39. The number of imidazole rings is 1. The lowest BCUT2D eigenvalue weighted by Gasteiger charge is -2.23. The fourth-order valence-corrected chi connectivity index (χ4v) is 2.25. The number of methoxy groups -OCH3 is 1. The Morgan fingerprint density at radius 1 is 1.50 bits per heavy atom. The molecule has 2 heterocycles. The zero-order valence-corrected chi connectivity index (χ0v) is 11.1. The molecule has 0 aliphatic carbocycles. The minimum absolute atomic E-state index is 0.715. The number of hydrogen-bond acceptors (Lipinski definition) is 4. The van der Waals surface area contributed by atoms with Crippen LogP contribution in [0.4, 0.5) is 5.95 Å². The van der Waals surface area contributed by atoms with Crippen molar-refractivity contribution in [3.05, 3.63) is 12.4 Å². The molecule has 1 saturated heterocycles. The van der Waals surface area contributed by atoms with Crippen molar-refractivity contribution in [3.8, 4) is 0 Å². The summed E-state index contributed by atoms with van der Waals surface area (Å²) in [6.45, 7) is 4.52. The smallest absolute Gasteiger partial charge is 0.202 e. The van der Waals surface area contributed by atoms with Gasteiger partial charge in [-0.1, -0.05) is 0 Å². The van der Waals surface area contributed by atoms with Gasteiger partial charge in [-0.05, 0) is 25.2 Å². The Balaban J connectivity index is 1.79. The maximum atomic E-state index is 5.39. The van der Waals surface area contributed by atoms with Crippen LogP contribution in [0.3, 0.4) is 0 Å². The highest BCUT2D eigenvalue weighted by atomic mass is 16.5. The van der Waals surface area contributed by atoms with Crippen molar-refractivity contribution in [2.75, 3.05) is 38.8 Å². The lowest BCUT2D eigenvalue weighted by atomic mass is 10.0. The van der Waals surface area contributed by atoms with E-state index in [-0.39, 0.29) is 0 Å². The highest BCUT2D eigenvalue weighted by Crippen LogP contribution is 2.18. The molecule has 0 saturated carbocycles. The first-order chi connectivity index (χ1) is 8.90. The van der Waals surface area contributed by atoms with Crippen molar-refractivity contribution in [1.29, 1.82) is 0 Å². The number of anilines is 1. The van der Waals surface area contributed by atoms with Crippen molar-refractivity contribution in [2.24, 2.45) is 5.92 Å². The van der Waals surface area contributed by atoms with Gasteiger partial charge in [0.1, 0.15) is 0 Å². The third-order valence-corrected chi connectivity index (χ3v) is 3.32. The Morgan fingerprint density at radius 2 is 2.33 bits per heavy atom. The molecule has 2 rings (SSSR count). The molecular formula is C13H23N3O2. The second kappa shape index (κ2) is 7.38. The Labute approximate surface area is 108 Å². The standard InChI is InChI=1S/C13H23N3O2/c1-17-8-2-5-14-13-15-6-7-16(13)11-12-3-9-18-10-4-12/h6-7,12H,2-5,8-11H2,1H3,(H,14,15). The van der Waals surface area contributed by atoms with E-state index in [9.17, 15) is 0 Å². The fourth-order valence-electron chi connectivity index (χ4n) is 2.25. The number of ether oxygens (including phenoxy) is 2. The Kier molecular flexibility index (Phi) is 5.48. The van der Waals surface area contributed by atoms with Gasteiger partial charge in [0.15, 0.2) is 0 Å². The van der Waals surface area contributed by atoms with Gasteiger partial charge in [0, 0.05) is 52.4 Å². The number of aromatic nitrogens is 2. The van der Waals surface area contributed by atoms with Crippen LogP contribution in [-0.2, 0) is 16.0 Å². The predicted octanol–water partition coefficient (Wildman–Crippen LogP) is 1.76. The van der Waals surface area contributed by atoms with Gasteiger partial charge in [0.2, 0.25) is 5.95 Å². The fraction of sp³-hybridized carbons (Fsp3) is 0.769. The zero-order chi connectivity index (χ0) is 12.6. The van der Waals surface area contributed by atoms with Gasteiger partial charge in [-0.15, -0.1) is 0 Å². The first-order valence-corrected chi connectivity index (χ1v) is 6.72. The summed E-state index contributed by atoms with van der Waals surface area (Å²) in [6.07, 6.45) is 7.22. The lowest BCUT2D eigenvalue weighted by Crippen LogP contribution is -2.21. The van der Waals surface area contributed by atoms with E-state index < -0.39 is 0 Å². The number of rotatable bonds is 7. The third kappa shape index (κ3) is 3.99. The molecular weight excluding hydrogens is 230 g/mol. The van der Waals surface area contributed by atoms with Gasteiger partial charge in [-0.25, -0.2) is 4.98 Å². The summed E-state index contributed by atoms with van der Waals surface area (Å²) in [5.74, 6) is 1.69. The van der Waals surface area contributed by atoms with E-state index in [1.807, 2.05) is 12.4 Å². The molecule has 0 bridgehead atoms. The molecule has 1 fully saturated rings. The van der Waals surface area contributed by atoms with E-state index >= 15 is 0 Å². The largest absolute Gasteiger partial charge is 0.385 e. The molecule has 0 unspecified atom stereocenters. The van der Waals surface area contributed by atoms with Crippen LogP contribution in [0.15, 0.2) is 12.4 Å². The maximum Gasteiger partial charge on any atom is 0.202 e. The molecule has 0 atom stereocenters. The molecule has 0 radical (unpaired) electrons. The minimum atomic E-state index is 0.715. The van der Waals surface area contributed by atoms with E-state index in [1.54, 1.807) is 7.11 Å². The average molecular weight is 253 g/mol. The van der Waals surface area contributed by atoms with Crippen molar-refractivity contribution < 1.29 is 9.47 Å². The average Bonchev–Trinajstić information content (AvgIpc) is 2.83. The molecule has 0 aromatic carbocycles. The molecule has 1 aromatic heterocycles. The van der Waals surface area contributed by atoms with Crippen LogP contribution in [0.1, 0.15) is 19.3 Å². The van der Waals surface area contributed by atoms with Crippen LogP contribution >= 0.6 is 0 Å². The van der Waals surface area contributed by atoms with Crippen LogP contribution in [0.2, 0.25) is 0 Å². The number of nitrogens with one attached hydrogen (secondary N) is 1. The van der Waals surface area contributed by atoms with Crippen LogP contribution in [0, 0.1) is 5.92 Å². The summed E-state index contributed by atoms with van der Waals surface area (Å²) in [6, 6.07) is 0. The van der Waals surface area contributed by atoms with Crippen LogP contribution < -0.4 is 5.32 Å². The lowest BCUT2D eigenvalue weighted by molar-refractivity contribution is 0.0614. The topological polar surface area (TPSA) is 48.3 Å². The summed E-state index contributed by atoms with van der Waals surface area (Å²) in [5.41, 5.74) is 0. The molecule has 102 valence electrons. The summed E-state index contributed by atoms with van der Waals surface area (Å²) >= 11 is 0. The van der Waals surface area contributed by atoms with Gasteiger partial charge in [0.05, 0.1) is 0 Å². The number of nitrogens with zero attached hydrogens (tertiary/aromatic N) is 2. The highest BCUT2D eigenvalue weighted by molar-refractivity contribution is 5.25. The second-order valence-electron chi connectivity index (χ2n) is 4.73. The van der Waals surface area contributed by atoms with Gasteiger partial charge in [-0.2, -0.15) is 0 Å². The Morgan fingerprint density at radius 3 is 3.11 bits per heavy atom. The molecule has 1 aliphatic heterocycles. The van der Waals surface area contributed by atoms with Gasteiger partial charge < -0.3 is 19.4 Å². The number of hydrogen-bond donors (Lipinski definition) is 1. The highest BCUT2D eigenvalue weighted by Gasteiger charge is 2.15. The normalized spacial score (nSPS) is 16.9. The molecule has 1 aromatic rings. The van der Waals surface area contributed by atoms with E-state index in [2.05, 4.69) is 14.9 Å². The van der Waals surface area contributed by atoms with Crippen molar-refractivity contribution in [3.63, 3.8) is 0 Å². The SMILES string of the molecule is COCCCNc1nccn1CC1CCOCC1.